The number of hydrogen-bond donors (Lipinski definition) is 1. The van der Waals surface area contributed by atoms with Gasteiger partial charge in [-0.15, -0.1) is 0 Å². The molecule has 1 aliphatic heterocycles. The molecule has 1 amide bonds. The second kappa shape index (κ2) is 4.69. The van der Waals surface area contributed by atoms with Gasteiger partial charge in [-0.2, -0.15) is 4.39 Å². The first kappa shape index (κ1) is 12.4. The van der Waals surface area contributed by atoms with E-state index < -0.39 is 16.4 Å². The van der Waals surface area contributed by atoms with Crippen molar-refractivity contribution in [2.45, 2.75) is 0 Å². The highest BCUT2D eigenvalue weighted by Crippen LogP contribution is 2.22. The number of carbonyl (C=O) groups excluding carboxylic acids is 1. The lowest BCUT2D eigenvalue weighted by molar-refractivity contribution is -0.387. The topological polar surface area (TPSA) is 83.7 Å². The van der Waals surface area contributed by atoms with Gasteiger partial charge < -0.3 is 10.0 Å². The zero-order valence-electron chi connectivity index (χ0n) is 9.38. The third-order valence-corrected chi connectivity index (χ3v) is 2.89. The Morgan fingerprint density at radius 3 is 2.72 bits per heavy atom. The summed E-state index contributed by atoms with van der Waals surface area (Å²) >= 11 is 0. The summed E-state index contributed by atoms with van der Waals surface area (Å²) < 4.78 is 13.3. The number of benzene rings is 1. The molecule has 1 saturated heterocycles. The summed E-state index contributed by atoms with van der Waals surface area (Å²) in [6.45, 7) is 0.861. The summed E-state index contributed by atoms with van der Waals surface area (Å²) in [7, 11) is 0. The Kier molecular flexibility index (Phi) is 3.24. The van der Waals surface area contributed by atoms with Crippen LogP contribution in [-0.4, -0.2) is 40.5 Å². The fraction of sp³-hybridized carbons (Fsp3) is 0.364. The number of likely N-dealkylation sites (tertiary alicyclic amines) is 1. The molecule has 0 atom stereocenters. The summed E-state index contributed by atoms with van der Waals surface area (Å²) in [6.07, 6.45) is 0. The Morgan fingerprint density at radius 2 is 2.22 bits per heavy atom. The van der Waals surface area contributed by atoms with E-state index in [1.807, 2.05) is 0 Å². The van der Waals surface area contributed by atoms with Crippen LogP contribution in [0.2, 0.25) is 0 Å². The molecule has 18 heavy (non-hydrogen) atoms. The zero-order chi connectivity index (χ0) is 13.3. The summed E-state index contributed by atoms with van der Waals surface area (Å²) in [4.78, 5) is 22.9. The zero-order valence-corrected chi connectivity index (χ0v) is 9.38. The Bertz CT molecular complexity index is 500. The molecule has 0 aliphatic carbocycles. The second-order valence-electron chi connectivity index (χ2n) is 4.18. The predicted octanol–water partition coefficient (Wildman–Crippen LogP) is 0.798. The van der Waals surface area contributed by atoms with Gasteiger partial charge in [0, 0.05) is 37.2 Å². The minimum absolute atomic E-state index is 0.0123. The van der Waals surface area contributed by atoms with E-state index in [-0.39, 0.29) is 24.0 Å². The van der Waals surface area contributed by atoms with Crippen LogP contribution in [0.25, 0.3) is 0 Å². The smallest absolute Gasteiger partial charge is 0.304 e. The van der Waals surface area contributed by atoms with Crippen molar-refractivity contribution in [3.8, 4) is 0 Å². The maximum absolute atomic E-state index is 13.3. The van der Waals surface area contributed by atoms with Crippen LogP contribution in [0, 0.1) is 21.8 Å². The van der Waals surface area contributed by atoms with E-state index in [9.17, 15) is 19.3 Å². The van der Waals surface area contributed by atoms with Crippen LogP contribution in [-0.2, 0) is 0 Å². The highest BCUT2D eigenvalue weighted by molar-refractivity contribution is 5.95. The van der Waals surface area contributed by atoms with Crippen LogP contribution in [0.15, 0.2) is 18.2 Å². The Hall–Kier alpha value is -2.02. The molecule has 2 rings (SSSR count). The largest absolute Gasteiger partial charge is 0.396 e. The molecule has 1 fully saturated rings. The molecule has 0 saturated carbocycles. The van der Waals surface area contributed by atoms with Crippen molar-refractivity contribution in [2.75, 3.05) is 19.7 Å². The molecule has 1 aliphatic rings. The third-order valence-electron chi connectivity index (χ3n) is 2.89. The standard InChI is InChI=1S/C11H11FN2O4/c12-9-3-8(1-2-10(9)14(17)18)11(16)13-4-7(5-13)6-15/h1-3,7,15H,4-6H2. The van der Waals surface area contributed by atoms with Crippen molar-refractivity contribution in [1.82, 2.24) is 4.90 Å². The molecule has 0 bridgehead atoms. The second-order valence-corrected chi connectivity index (χ2v) is 4.18. The average molecular weight is 254 g/mol. The predicted molar refractivity (Wildman–Crippen MR) is 59.5 cm³/mol. The van der Waals surface area contributed by atoms with E-state index in [1.165, 1.54) is 11.0 Å². The van der Waals surface area contributed by atoms with Crippen molar-refractivity contribution in [1.29, 1.82) is 0 Å². The molecule has 6 nitrogen and oxygen atoms in total. The van der Waals surface area contributed by atoms with E-state index in [4.69, 9.17) is 5.11 Å². The van der Waals surface area contributed by atoms with E-state index in [1.54, 1.807) is 0 Å². The molecule has 0 aromatic heterocycles. The Morgan fingerprint density at radius 1 is 1.56 bits per heavy atom. The van der Waals surface area contributed by atoms with E-state index in [0.29, 0.717) is 13.1 Å². The lowest BCUT2D eigenvalue weighted by Gasteiger charge is -2.38. The van der Waals surface area contributed by atoms with Gasteiger partial charge in [0.05, 0.1) is 4.92 Å². The minimum atomic E-state index is -1.02. The molecule has 0 radical (unpaired) electrons. The Labute approximate surface area is 102 Å². The maximum atomic E-state index is 13.3. The summed E-state index contributed by atoms with van der Waals surface area (Å²) in [5.74, 6) is -1.34. The van der Waals surface area contributed by atoms with Crippen molar-refractivity contribution >= 4 is 11.6 Å². The fourth-order valence-corrected chi connectivity index (χ4v) is 1.82. The van der Waals surface area contributed by atoms with Gasteiger partial charge in [0.25, 0.3) is 5.91 Å². The number of hydrogen-bond acceptors (Lipinski definition) is 4. The van der Waals surface area contributed by atoms with Crippen molar-refractivity contribution in [3.63, 3.8) is 0 Å². The SMILES string of the molecule is O=C(c1ccc([N+](=O)[O-])c(F)c1)N1CC(CO)C1. The molecule has 1 heterocycles. The van der Waals surface area contributed by atoms with Crippen molar-refractivity contribution in [2.24, 2.45) is 5.92 Å². The van der Waals surface area contributed by atoms with Crippen LogP contribution in [0.1, 0.15) is 10.4 Å². The molecule has 0 spiro atoms. The maximum Gasteiger partial charge on any atom is 0.304 e. The molecular weight excluding hydrogens is 243 g/mol. The first-order valence-electron chi connectivity index (χ1n) is 5.37. The normalized spacial score (nSPS) is 15.3. The number of carbonyl (C=O) groups is 1. The van der Waals surface area contributed by atoms with Crippen LogP contribution >= 0.6 is 0 Å². The van der Waals surface area contributed by atoms with Crippen LogP contribution in [0.4, 0.5) is 10.1 Å². The number of rotatable bonds is 3. The Balaban J connectivity index is 2.13. The van der Waals surface area contributed by atoms with Gasteiger partial charge in [-0.25, -0.2) is 0 Å². The van der Waals surface area contributed by atoms with Crippen molar-refractivity contribution in [3.05, 3.63) is 39.7 Å². The van der Waals surface area contributed by atoms with E-state index in [2.05, 4.69) is 0 Å². The molecule has 7 heteroatoms. The minimum Gasteiger partial charge on any atom is -0.396 e. The molecule has 1 aromatic carbocycles. The number of nitro benzene ring substituents is 1. The number of aliphatic hydroxyl groups excluding tert-OH is 1. The molecule has 0 unspecified atom stereocenters. The van der Waals surface area contributed by atoms with Crippen LogP contribution in [0.3, 0.4) is 0 Å². The lowest BCUT2D eigenvalue weighted by atomic mass is 10.00. The highest BCUT2D eigenvalue weighted by atomic mass is 19.1. The van der Waals surface area contributed by atoms with Crippen molar-refractivity contribution < 1.29 is 19.2 Å². The quantitative estimate of drug-likeness (QED) is 0.638. The number of nitro groups is 1. The number of amides is 1. The van der Waals surface area contributed by atoms with Crippen LogP contribution < -0.4 is 0 Å². The van der Waals surface area contributed by atoms with Gasteiger partial charge in [0.1, 0.15) is 0 Å². The fourth-order valence-electron chi connectivity index (χ4n) is 1.82. The summed E-state index contributed by atoms with van der Waals surface area (Å²) in [5.41, 5.74) is -0.571. The first-order chi connectivity index (χ1) is 8.52. The first-order valence-corrected chi connectivity index (χ1v) is 5.37. The number of halogens is 1. The monoisotopic (exact) mass is 254 g/mol. The summed E-state index contributed by atoms with van der Waals surface area (Å²) in [6, 6.07) is 3.08. The average Bonchev–Trinajstić information content (AvgIpc) is 2.26. The molecule has 1 aromatic rings. The molecular formula is C11H11FN2O4. The van der Waals surface area contributed by atoms with Gasteiger partial charge in [0.15, 0.2) is 0 Å². The molecule has 96 valence electrons. The van der Waals surface area contributed by atoms with E-state index >= 15 is 0 Å². The van der Waals surface area contributed by atoms with Gasteiger partial charge in [-0.1, -0.05) is 0 Å². The van der Waals surface area contributed by atoms with Gasteiger partial charge in [-0.05, 0) is 12.1 Å². The van der Waals surface area contributed by atoms with Gasteiger partial charge in [0.2, 0.25) is 5.82 Å². The highest BCUT2D eigenvalue weighted by Gasteiger charge is 2.31. The summed E-state index contributed by atoms with van der Waals surface area (Å²) in [5, 5.41) is 19.3. The van der Waals surface area contributed by atoms with Crippen LogP contribution in [0.5, 0.6) is 0 Å². The van der Waals surface area contributed by atoms with E-state index in [0.717, 1.165) is 12.1 Å². The van der Waals surface area contributed by atoms with Gasteiger partial charge >= 0.3 is 5.69 Å². The number of nitrogens with zero attached hydrogens (tertiary/aromatic N) is 2. The third kappa shape index (κ3) is 2.17. The number of aliphatic hydroxyl groups is 1. The van der Waals surface area contributed by atoms with Gasteiger partial charge in [-0.3, -0.25) is 14.9 Å². The lowest BCUT2D eigenvalue weighted by Crippen LogP contribution is -2.51. The molecule has 1 N–H and O–H groups in total.